The van der Waals surface area contributed by atoms with Crippen molar-refractivity contribution in [2.75, 3.05) is 18.4 Å². The molecule has 7 nitrogen and oxygen atoms in total. The molecule has 0 bridgehead atoms. The first-order valence-corrected chi connectivity index (χ1v) is 10.6. The van der Waals surface area contributed by atoms with E-state index in [4.69, 9.17) is 5.11 Å². The molecule has 8 heteroatoms. The van der Waals surface area contributed by atoms with Gasteiger partial charge < -0.3 is 10.4 Å². The van der Waals surface area contributed by atoms with E-state index in [0.29, 0.717) is 18.8 Å². The summed E-state index contributed by atoms with van der Waals surface area (Å²) >= 11 is 0. The second kappa shape index (κ2) is 8.53. The number of nitrogens with one attached hydrogen (secondary N) is 1. The Morgan fingerprint density at radius 2 is 1.54 bits per heavy atom. The van der Waals surface area contributed by atoms with Crippen LogP contribution < -0.4 is 5.32 Å². The van der Waals surface area contributed by atoms with Gasteiger partial charge in [0, 0.05) is 24.3 Å². The van der Waals surface area contributed by atoms with Gasteiger partial charge in [0.1, 0.15) is 0 Å². The molecule has 148 valence electrons. The van der Waals surface area contributed by atoms with Gasteiger partial charge in [-0.2, -0.15) is 4.31 Å². The molecule has 1 aliphatic heterocycles. The number of amides is 1. The molecular weight excluding hydrogens is 380 g/mol. The van der Waals surface area contributed by atoms with Crippen LogP contribution in [0.15, 0.2) is 53.4 Å². The van der Waals surface area contributed by atoms with Gasteiger partial charge in [-0.05, 0) is 49.2 Å². The molecule has 2 aromatic rings. The number of anilines is 1. The fourth-order valence-electron chi connectivity index (χ4n) is 3.16. The lowest BCUT2D eigenvalue weighted by atomic mass is 10.2. The molecule has 28 heavy (non-hydrogen) atoms. The summed E-state index contributed by atoms with van der Waals surface area (Å²) in [5.74, 6) is -1.60. The summed E-state index contributed by atoms with van der Waals surface area (Å²) in [4.78, 5) is 23.7. The predicted molar refractivity (Wildman–Crippen MR) is 105 cm³/mol. The highest BCUT2D eigenvalue weighted by Gasteiger charge is 2.25. The van der Waals surface area contributed by atoms with E-state index in [1.807, 2.05) is 0 Å². The second-order valence-electron chi connectivity index (χ2n) is 6.69. The van der Waals surface area contributed by atoms with Crippen molar-refractivity contribution in [3.63, 3.8) is 0 Å². The molecule has 0 unspecified atom stereocenters. The molecule has 1 fully saturated rings. The topological polar surface area (TPSA) is 104 Å². The summed E-state index contributed by atoms with van der Waals surface area (Å²) in [5.41, 5.74) is 0.567. The molecule has 1 heterocycles. The lowest BCUT2D eigenvalue weighted by Crippen LogP contribution is -2.32. The summed E-state index contributed by atoms with van der Waals surface area (Å²) in [6.45, 7) is 0.974. The van der Waals surface area contributed by atoms with Gasteiger partial charge in [-0.15, -0.1) is 0 Å². The average Bonchev–Trinajstić information content (AvgIpc) is 2.98. The summed E-state index contributed by atoms with van der Waals surface area (Å²) in [6.07, 6.45) is 3.70. The number of aromatic carboxylic acids is 1. The van der Waals surface area contributed by atoms with Crippen LogP contribution in [0.25, 0.3) is 0 Å². The third kappa shape index (κ3) is 4.58. The van der Waals surface area contributed by atoms with Crippen molar-refractivity contribution in [1.29, 1.82) is 0 Å². The Labute approximate surface area is 164 Å². The smallest absolute Gasteiger partial charge is 0.335 e. The molecule has 1 aliphatic rings. The van der Waals surface area contributed by atoms with Crippen LogP contribution in [-0.4, -0.2) is 42.8 Å². The third-order valence-electron chi connectivity index (χ3n) is 4.67. The first-order valence-electron chi connectivity index (χ1n) is 9.13. The quantitative estimate of drug-likeness (QED) is 0.799. The molecule has 2 N–H and O–H groups in total. The molecule has 0 spiro atoms. The summed E-state index contributed by atoms with van der Waals surface area (Å²) in [7, 11) is -3.66. The Hall–Kier alpha value is -2.71. The number of sulfonamides is 1. The van der Waals surface area contributed by atoms with Crippen LogP contribution in [0.5, 0.6) is 0 Å². The molecule has 0 radical (unpaired) electrons. The third-order valence-corrected chi connectivity index (χ3v) is 6.56. The highest BCUT2D eigenvalue weighted by atomic mass is 32.2. The van der Waals surface area contributed by atoms with Crippen molar-refractivity contribution in [2.24, 2.45) is 0 Å². The molecule has 0 aliphatic carbocycles. The standard InChI is InChI=1S/C20H22N2O5S/c23-19(21-17-9-5-8-16(13-17)20(24)25)15-7-6-10-18(14-15)28(26,27)22-11-3-1-2-4-12-22/h5-10,13-14H,1-4,11-12H2,(H,21,23)(H,24,25). The maximum Gasteiger partial charge on any atom is 0.335 e. The van der Waals surface area contributed by atoms with Crippen LogP contribution in [0.3, 0.4) is 0 Å². The Morgan fingerprint density at radius 1 is 0.893 bits per heavy atom. The number of nitrogens with zero attached hydrogens (tertiary/aromatic N) is 1. The van der Waals surface area contributed by atoms with E-state index in [9.17, 15) is 18.0 Å². The largest absolute Gasteiger partial charge is 0.478 e. The number of benzene rings is 2. The number of carboxylic acids is 1. The van der Waals surface area contributed by atoms with Gasteiger partial charge >= 0.3 is 5.97 Å². The molecular formula is C20H22N2O5S. The van der Waals surface area contributed by atoms with Crippen LogP contribution >= 0.6 is 0 Å². The average molecular weight is 402 g/mol. The summed E-state index contributed by atoms with van der Waals surface area (Å²) < 4.78 is 27.3. The van der Waals surface area contributed by atoms with Crippen LogP contribution in [0.1, 0.15) is 46.4 Å². The molecule has 2 aromatic carbocycles. The van der Waals surface area contributed by atoms with Crippen molar-refractivity contribution < 1.29 is 23.1 Å². The monoisotopic (exact) mass is 402 g/mol. The lowest BCUT2D eigenvalue weighted by molar-refractivity contribution is 0.0696. The van der Waals surface area contributed by atoms with Crippen molar-refractivity contribution in [3.05, 3.63) is 59.7 Å². The Bertz CT molecular complexity index is 980. The Morgan fingerprint density at radius 3 is 2.21 bits per heavy atom. The zero-order valence-corrected chi connectivity index (χ0v) is 16.1. The van der Waals surface area contributed by atoms with Gasteiger partial charge in [0.15, 0.2) is 0 Å². The van der Waals surface area contributed by atoms with Crippen molar-refractivity contribution >= 4 is 27.6 Å². The van der Waals surface area contributed by atoms with Crippen molar-refractivity contribution in [3.8, 4) is 0 Å². The van der Waals surface area contributed by atoms with Crippen LogP contribution in [-0.2, 0) is 10.0 Å². The number of carbonyl (C=O) groups excluding carboxylic acids is 1. The predicted octanol–water partition coefficient (Wildman–Crippen LogP) is 3.20. The number of rotatable bonds is 5. The minimum Gasteiger partial charge on any atom is -0.478 e. The van der Waals surface area contributed by atoms with Crippen LogP contribution in [0.2, 0.25) is 0 Å². The van der Waals surface area contributed by atoms with Gasteiger partial charge in [0.05, 0.1) is 10.5 Å². The number of hydrogen-bond donors (Lipinski definition) is 2. The maximum absolute atomic E-state index is 12.9. The van der Waals surface area contributed by atoms with E-state index < -0.39 is 21.9 Å². The number of carboxylic acid groups (broad SMARTS) is 1. The van der Waals surface area contributed by atoms with Gasteiger partial charge in [0.25, 0.3) is 5.91 Å². The van der Waals surface area contributed by atoms with Crippen molar-refractivity contribution in [1.82, 2.24) is 4.31 Å². The minimum atomic E-state index is -3.66. The number of carbonyl (C=O) groups is 2. The summed E-state index contributed by atoms with van der Waals surface area (Å²) in [5, 5.41) is 11.7. The van der Waals surface area contributed by atoms with Gasteiger partial charge in [-0.3, -0.25) is 4.79 Å². The zero-order valence-electron chi connectivity index (χ0n) is 15.3. The first kappa shape index (κ1) is 20.0. The van der Waals surface area contributed by atoms with Crippen LogP contribution in [0.4, 0.5) is 5.69 Å². The van der Waals surface area contributed by atoms with E-state index in [2.05, 4.69) is 5.32 Å². The van der Waals surface area contributed by atoms with E-state index in [-0.39, 0.29) is 16.0 Å². The van der Waals surface area contributed by atoms with Gasteiger partial charge in [0.2, 0.25) is 10.0 Å². The van der Waals surface area contributed by atoms with E-state index in [0.717, 1.165) is 25.7 Å². The highest BCUT2D eigenvalue weighted by Crippen LogP contribution is 2.22. The minimum absolute atomic E-state index is 0.0512. The molecule has 0 atom stereocenters. The molecule has 1 saturated heterocycles. The van der Waals surface area contributed by atoms with Gasteiger partial charge in [-0.1, -0.05) is 25.0 Å². The molecule has 3 rings (SSSR count). The van der Waals surface area contributed by atoms with Crippen molar-refractivity contribution in [2.45, 2.75) is 30.6 Å². The molecule has 0 aromatic heterocycles. The highest BCUT2D eigenvalue weighted by molar-refractivity contribution is 7.89. The van der Waals surface area contributed by atoms with E-state index in [1.165, 1.54) is 46.8 Å². The molecule has 0 saturated carbocycles. The lowest BCUT2D eigenvalue weighted by Gasteiger charge is -2.20. The van der Waals surface area contributed by atoms with E-state index in [1.54, 1.807) is 6.07 Å². The Balaban J connectivity index is 1.81. The summed E-state index contributed by atoms with van der Waals surface area (Å²) in [6, 6.07) is 11.8. The second-order valence-corrected chi connectivity index (χ2v) is 8.62. The fourth-order valence-corrected chi connectivity index (χ4v) is 4.73. The Kier molecular flexibility index (Phi) is 6.11. The first-order chi connectivity index (χ1) is 13.4. The molecule has 1 amide bonds. The fraction of sp³-hybridized carbons (Fsp3) is 0.300. The zero-order chi connectivity index (χ0) is 20.1. The number of hydrogen-bond acceptors (Lipinski definition) is 4. The van der Waals surface area contributed by atoms with Gasteiger partial charge in [-0.25, -0.2) is 13.2 Å². The normalized spacial score (nSPS) is 15.6. The maximum atomic E-state index is 12.9. The van der Waals surface area contributed by atoms with Crippen LogP contribution in [0, 0.1) is 0 Å². The van der Waals surface area contributed by atoms with E-state index >= 15 is 0 Å². The SMILES string of the molecule is O=C(O)c1cccc(NC(=O)c2cccc(S(=O)(=O)N3CCCCCC3)c2)c1.